The van der Waals surface area contributed by atoms with E-state index in [1.807, 2.05) is 6.07 Å². The third-order valence-electron chi connectivity index (χ3n) is 4.58. The fourth-order valence-electron chi connectivity index (χ4n) is 3.18. The summed E-state index contributed by atoms with van der Waals surface area (Å²) in [5.74, 6) is 2.87. The van der Waals surface area contributed by atoms with Crippen molar-refractivity contribution in [3.8, 4) is 0 Å². The van der Waals surface area contributed by atoms with Crippen LogP contribution in [0.2, 0.25) is 0 Å². The number of nitrogens with one attached hydrogen (secondary N) is 2. The first-order valence-electron chi connectivity index (χ1n) is 9.46. The molecule has 1 aromatic carbocycles. The predicted molar refractivity (Wildman–Crippen MR) is 123 cm³/mol. The van der Waals surface area contributed by atoms with E-state index in [1.54, 1.807) is 13.4 Å². The van der Waals surface area contributed by atoms with E-state index in [1.165, 1.54) is 5.52 Å². The lowest BCUT2D eigenvalue weighted by Gasteiger charge is -2.13. The molecule has 8 nitrogen and oxygen atoms in total. The molecular formula is C19H29IN8. The van der Waals surface area contributed by atoms with Gasteiger partial charge in [0, 0.05) is 39.6 Å². The van der Waals surface area contributed by atoms with E-state index >= 15 is 0 Å². The molecule has 0 spiro atoms. The maximum Gasteiger partial charge on any atom is 0.191 e. The molecule has 0 radical (unpaired) electrons. The van der Waals surface area contributed by atoms with Gasteiger partial charge in [-0.1, -0.05) is 19.1 Å². The molecule has 9 heteroatoms. The molecule has 0 unspecified atom stereocenters. The molecule has 0 saturated heterocycles. The molecule has 2 aromatic heterocycles. The van der Waals surface area contributed by atoms with Crippen molar-refractivity contribution in [2.75, 3.05) is 20.1 Å². The van der Waals surface area contributed by atoms with Crippen LogP contribution in [0.1, 0.15) is 25.0 Å². The number of hydrogen-bond donors (Lipinski definition) is 2. The number of imidazole rings is 1. The number of fused-ring (bicyclic) bond motifs is 1. The van der Waals surface area contributed by atoms with Crippen LogP contribution in [0.5, 0.6) is 0 Å². The van der Waals surface area contributed by atoms with E-state index < -0.39 is 0 Å². The molecule has 0 aliphatic heterocycles. The molecule has 28 heavy (non-hydrogen) atoms. The van der Waals surface area contributed by atoms with Gasteiger partial charge in [-0.15, -0.1) is 34.2 Å². The highest BCUT2D eigenvalue weighted by Gasteiger charge is 2.06. The van der Waals surface area contributed by atoms with Crippen LogP contribution < -0.4 is 10.6 Å². The molecule has 0 atom stereocenters. The molecule has 0 aliphatic rings. The average Bonchev–Trinajstić information content (AvgIpc) is 3.27. The van der Waals surface area contributed by atoms with Gasteiger partial charge in [0.1, 0.15) is 18.0 Å². The highest BCUT2D eigenvalue weighted by atomic mass is 127. The van der Waals surface area contributed by atoms with Gasteiger partial charge in [0.05, 0.1) is 11.0 Å². The summed E-state index contributed by atoms with van der Waals surface area (Å²) in [6.45, 7) is 7.51. The molecule has 152 valence electrons. The summed E-state index contributed by atoms with van der Waals surface area (Å²) in [6.07, 6.45) is 3.65. The first kappa shape index (κ1) is 22.1. The number of halogens is 1. The predicted octanol–water partition coefficient (Wildman–Crippen LogP) is 2.37. The summed E-state index contributed by atoms with van der Waals surface area (Å²) >= 11 is 0. The molecule has 3 rings (SSSR count). The van der Waals surface area contributed by atoms with Crippen LogP contribution >= 0.6 is 24.0 Å². The minimum atomic E-state index is 0. The second kappa shape index (κ2) is 11.0. The van der Waals surface area contributed by atoms with Crippen LogP contribution in [0, 0.1) is 6.92 Å². The zero-order valence-corrected chi connectivity index (χ0v) is 19.1. The van der Waals surface area contributed by atoms with Gasteiger partial charge < -0.3 is 19.8 Å². The molecule has 0 saturated carbocycles. The molecule has 0 bridgehead atoms. The number of rotatable bonds is 8. The Hall–Kier alpha value is -2.17. The number of guanidine groups is 1. The Kier molecular flexibility index (Phi) is 8.68. The van der Waals surface area contributed by atoms with Crippen molar-refractivity contribution in [2.45, 2.75) is 39.8 Å². The Morgan fingerprint density at radius 2 is 1.93 bits per heavy atom. The summed E-state index contributed by atoms with van der Waals surface area (Å²) in [6, 6.07) is 8.27. The van der Waals surface area contributed by atoms with E-state index in [2.05, 4.69) is 72.0 Å². The Morgan fingerprint density at radius 1 is 1.14 bits per heavy atom. The lowest BCUT2D eigenvalue weighted by Crippen LogP contribution is -2.39. The second-order valence-electron chi connectivity index (χ2n) is 6.37. The Balaban J connectivity index is 0.00000280. The van der Waals surface area contributed by atoms with Gasteiger partial charge in [-0.25, -0.2) is 4.98 Å². The smallest absolute Gasteiger partial charge is 0.191 e. The summed E-state index contributed by atoms with van der Waals surface area (Å²) in [5.41, 5.74) is 2.25. The van der Waals surface area contributed by atoms with E-state index in [0.29, 0.717) is 0 Å². The van der Waals surface area contributed by atoms with Crippen LogP contribution in [0.15, 0.2) is 35.6 Å². The fraction of sp³-hybridized carbons (Fsp3) is 0.474. The molecule has 0 amide bonds. The van der Waals surface area contributed by atoms with Gasteiger partial charge in [-0.05, 0) is 25.5 Å². The summed E-state index contributed by atoms with van der Waals surface area (Å²) in [5, 5.41) is 14.8. The minimum Gasteiger partial charge on any atom is -0.356 e. The Bertz CT molecular complexity index is 898. The third kappa shape index (κ3) is 5.43. The quantitative estimate of drug-likeness (QED) is 0.217. The SMILES string of the molecule is CCc1nncn1CCNC(=NC)NCCCn1c(C)nc2ccccc21.I. The number of hydrogen-bond acceptors (Lipinski definition) is 4. The Morgan fingerprint density at radius 3 is 2.71 bits per heavy atom. The molecule has 3 aromatic rings. The topological polar surface area (TPSA) is 85.0 Å². The standard InChI is InChI=1S/C19H28N8.HI/c1-4-18-25-23-14-26(18)13-11-22-19(20-3)21-10-7-12-27-15(2)24-16-8-5-6-9-17(16)27;/h5-6,8-9,14H,4,7,10-13H2,1-3H3,(H2,20,21,22);1H. The van der Waals surface area contributed by atoms with E-state index in [0.717, 1.165) is 62.1 Å². The number of aryl methyl sites for hydroxylation is 3. The Labute approximate surface area is 182 Å². The number of benzene rings is 1. The molecule has 0 aliphatic carbocycles. The van der Waals surface area contributed by atoms with Crippen LogP contribution in [0.3, 0.4) is 0 Å². The van der Waals surface area contributed by atoms with Gasteiger partial charge in [-0.3, -0.25) is 4.99 Å². The molecule has 0 fully saturated rings. The van der Waals surface area contributed by atoms with E-state index in [9.17, 15) is 0 Å². The summed E-state index contributed by atoms with van der Waals surface area (Å²) < 4.78 is 4.33. The van der Waals surface area contributed by atoms with Crippen molar-refractivity contribution in [1.82, 2.24) is 34.9 Å². The number of para-hydroxylation sites is 2. The second-order valence-corrected chi connectivity index (χ2v) is 6.37. The summed E-state index contributed by atoms with van der Waals surface area (Å²) in [4.78, 5) is 8.90. The fourth-order valence-corrected chi connectivity index (χ4v) is 3.18. The third-order valence-corrected chi connectivity index (χ3v) is 4.58. The number of nitrogens with zero attached hydrogens (tertiary/aromatic N) is 6. The lowest BCUT2D eigenvalue weighted by molar-refractivity contribution is 0.611. The number of aliphatic imine (C=N–C) groups is 1. The zero-order valence-electron chi connectivity index (χ0n) is 16.7. The van der Waals surface area contributed by atoms with Gasteiger partial charge in [0.25, 0.3) is 0 Å². The minimum absolute atomic E-state index is 0. The highest BCUT2D eigenvalue weighted by molar-refractivity contribution is 14.0. The van der Waals surface area contributed by atoms with Crippen LogP contribution in [-0.4, -0.2) is 50.4 Å². The van der Waals surface area contributed by atoms with Crippen molar-refractivity contribution < 1.29 is 0 Å². The van der Waals surface area contributed by atoms with Crippen LogP contribution in [0.4, 0.5) is 0 Å². The average molecular weight is 496 g/mol. The maximum absolute atomic E-state index is 4.62. The normalized spacial score (nSPS) is 11.5. The van der Waals surface area contributed by atoms with Gasteiger partial charge in [0.2, 0.25) is 0 Å². The summed E-state index contributed by atoms with van der Waals surface area (Å²) in [7, 11) is 1.79. The number of aromatic nitrogens is 5. The first-order valence-corrected chi connectivity index (χ1v) is 9.46. The lowest BCUT2D eigenvalue weighted by atomic mass is 10.3. The van der Waals surface area contributed by atoms with Crippen molar-refractivity contribution in [3.63, 3.8) is 0 Å². The van der Waals surface area contributed by atoms with Gasteiger partial charge in [0.15, 0.2) is 5.96 Å². The van der Waals surface area contributed by atoms with Crippen molar-refractivity contribution in [2.24, 2.45) is 4.99 Å². The molecule has 2 N–H and O–H groups in total. The first-order chi connectivity index (χ1) is 13.2. The van der Waals surface area contributed by atoms with Gasteiger partial charge >= 0.3 is 0 Å². The molecular weight excluding hydrogens is 467 g/mol. The van der Waals surface area contributed by atoms with Crippen molar-refractivity contribution >= 4 is 41.0 Å². The largest absolute Gasteiger partial charge is 0.356 e. The highest BCUT2D eigenvalue weighted by Crippen LogP contribution is 2.15. The van der Waals surface area contributed by atoms with Crippen molar-refractivity contribution in [1.29, 1.82) is 0 Å². The monoisotopic (exact) mass is 496 g/mol. The van der Waals surface area contributed by atoms with Crippen LogP contribution in [0.25, 0.3) is 11.0 Å². The van der Waals surface area contributed by atoms with Gasteiger partial charge in [-0.2, -0.15) is 0 Å². The maximum atomic E-state index is 4.62. The van der Waals surface area contributed by atoms with E-state index in [4.69, 9.17) is 0 Å². The van der Waals surface area contributed by atoms with E-state index in [-0.39, 0.29) is 24.0 Å². The van der Waals surface area contributed by atoms with Crippen LogP contribution in [-0.2, 0) is 19.5 Å². The zero-order chi connectivity index (χ0) is 19.1. The van der Waals surface area contributed by atoms with Crippen molar-refractivity contribution in [3.05, 3.63) is 42.2 Å². The molecule has 2 heterocycles.